The summed E-state index contributed by atoms with van der Waals surface area (Å²) in [7, 11) is 0. The second kappa shape index (κ2) is 4.90. The van der Waals surface area contributed by atoms with Gasteiger partial charge in [0, 0.05) is 11.1 Å². The molecule has 0 aliphatic heterocycles. The Kier molecular flexibility index (Phi) is 3.68. The van der Waals surface area contributed by atoms with E-state index in [1.165, 1.54) is 18.2 Å². The van der Waals surface area contributed by atoms with Crippen LogP contribution in [-0.4, -0.2) is 5.11 Å². The van der Waals surface area contributed by atoms with Crippen molar-refractivity contribution < 1.29 is 13.9 Å². The summed E-state index contributed by atoms with van der Waals surface area (Å²) < 4.78 is 27.1. The lowest BCUT2D eigenvalue weighted by atomic mass is 10.0. The fourth-order valence-corrected chi connectivity index (χ4v) is 2.96. The van der Waals surface area contributed by atoms with Crippen LogP contribution in [0.3, 0.4) is 0 Å². The molecule has 0 bridgehead atoms. The minimum atomic E-state index is -1.33. The number of thiophene rings is 1. The maximum atomic E-state index is 13.5. The minimum absolute atomic E-state index is 0.165. The number of aliphatic hydroxyl groups is 1. The molecule has 0 radical (unpaired) electrons. The van der Waals surface area contributed by atoms with Gasteiger partial charge in [0.1, 0.15) is 10.4 Å². The lowest BCUT2D eigenvalue weighted by Crippen LogP contribution is -2.03. The Morgan fingerprint density at radius 1 is 1.18 bits per heavy atom. The Morgan fingerprint density at radius 3 is 2.47 bits per heavy atom. The number of hydrogen-bond acceptors (Lipinski definition) is 2. The normalized spacial score (nSPS) is 12.8. The highest BCUT2D eigenvalue weighted by Crippen LogP contribution is 2.38. The highest BCUT2D eigenvalue weighted by molar-refractivity contribution is 7.20. The summed E-state index contributed by atoms with van der Waals surface area (Å²) in [5.41, 5.74) is 0.104. The van der Waals surface area contributed by atoms with Gasteiger partial charge in [-0.05, 0) is 12.1 Å². The average molecular weight is 295 g/mol. The van der Waals surface area contributed by atoms with E-state index in [1.807, 2.05) is 0 Å². The van der Waals surface area contributed by atoms with Gasteiger partial charge in [-0.25, -0.2) is 8.78 Å². The molecule has 0 aliphatic rings. The molecule has 1 heterocycles. The van der Waals surface area contributed by atoms with Crippen LogP contribution in [0.2, 0.25) is 8.67 Å². The molecule has 2 rings (SSSR count). The molecule has 17 heavy (non-hydrogen) atoms. The molecule has 0 fully saturated rings. The zero-order valence-electron chi connectivity index (χ0n) is 8.25. The van der Waals surface area contributed by atoms with Gasteiger partial charge in [0.25, 0.3) is 0 Å². The lowest BCUT2D eigenvalue weighted by molar-refractivity contribution is 0.214. The smallest absolute Gasteiger partial charge is 0.164 e. The number of hydrogen-bond donors (Lipinski definition) is 1. The fraction of sp³-hybridized carbons (Fsp3) is 0.0909. The quantitative estimate of drug-likeness (QED) is 0.869. The van der Waals surface area contributed by atoms with Gasteiger partial charge >= 0.3 is 0 Å². The van der Waals surface area contributed by atoms with Gasteiger partial charge in [0.15, 0.2) is 11.6 Å². The molecule has 1 unspecified atom stereocenters. The predicted molar refractivity (Wildman–Crippen MR) is 64.8 cm³/mol. The number of aliphatic hydroxyl groups excluding tert-OH is 1. The second-order valence-corrected chi connectivity index (χ2v) is 5.61. The van der Waals surface area contributed by atoms with Crippen molar-refractivity contribution in [3.8, 4) is 0 Å². The molecule has 0 aliphatic carbocycles. The summed E-state index contributed by atoms with van der Waals surface area (Å²) in [6.07, 6.45) is -1.33. The van der Waals surface area contributed by atoms with E-state index >= 15 is 0 Å². The maximum Gasteiger partial charge on any atom is 0.164 e. The van der Waals surface area contributed by atoms with E-state index in [0.717, 1.165) is 17.4 Å². The van der Waals surface area contributed by atoms with Crippen molar-refractivity contribution >= 4 is 34.5 Å². The Labute approximate surface area is 110 Å². The fourth-order valence-electron chi connectivity index (χ4n) is 1.44. The van der Waals surface area contributed by atoms with E-state index in [-0.39, 0.29) is 15.5 Å². The zero-order chi connectivity index (χ0) is 12.6. The average Bonchev–Trinajstić information content (AvgIpc) is 2.61. The SMILES string of the molecule is OC(c1cc(Cl)sc1Cl)c1cccc(F)c1F. The van der Waals surface area contributed by atoms with Crippen molar-refractivity contribution in [3.05, 3.63) is 55.7 Å². The third-order valence-electron chi connectivity index (χ3n) is 2.25. The van der Waals surface area contributed by atoms with Crippen molar-refractivity contribution in [2.75, 3.05) is 0 Å². The Bertz CT molecular complexity index is 556. The molecule has 6 heteroatoms. The van der Waals surface area contributed by atoms with Gasteiger partial charge in [-0.3, -0.25) is 0 Å². The van der Waals surface area contributed by atoms with Gasteiger partial charge in [-0.1, -0.05) is 35.3 Å². The standard InChI is InChI=1S/C11H6Cl2F2OS/c12-8-4-6(11(13)17-8)10(16)5-2-1-3-7(14)9(5)15/h1-4,10,16H. The number of benzene rings is 1. The van der Waals surface area contributed by atoms with E-state index in [2.05, 4.69) is 0 Å². The molecule has 0 saturated heterocycles. The van der Waals surface area contributed by atoms with Gasteiger partial charge in [-0.2, -0.15) is 0 Å². The van der Waals surface area contributed by atoms with Crippen molar-refractivity contribution in [2.45, 2.75) is 6.10 Å². The number of halogens is 4. The summed E-state index contributed by atoms with van der Waals surface area (Å²) in [5.74, 6) is -2.10. The van der Waals surface area contributed by atoms with E-state index in [9.17, 15) is 13.9 Å². The first-order chi connectivity index (χ1) is 8.00. The van der Waals surface area contributed by atoms with Crippen LogP contribution < -0.4 is 0 Å². The third-order valence-corrected chi connectivity index (χ3v) is 3.77. The first-order valence-electron chi connectivity index (χ1n) is 4.57. The predicted octanol–water partition coefficient (Wildman–Crippen LogP) is 4.41. The molecule has 1 atom stereocenters. The third kappa shape index (κ3) is 2.45. The highest BCUT2D eigenvalue weighted by Gasteiger charge is 2.21. The maximum absolute atomic E-state index is 13.5. The van der Waals surface area contributed by atoms with Gasteiger partial charge in [-0.15, -0.1) is 11.3 Å². The summed E-state index contributed by atoms with van der Waals surface area (Å²) in [4.78, 5) is 0. The molecular weight excluding hydrogens is 289 g/mol. The van der Waals surface area contributed by atoms with E-state index in [0.29, 0.717) is 4.34 Å². The van der Waals surface area contributed by atoms with Crippen LogP contribution in [0.25, 0.3) is 0 Å². The van der Waals surface area contributed by atoms with Crippen LogP contribution in [-0.2, 0) is 0 Å². The monoisotopic (exact) mass is 294 g/mol. The molecule has 0 saturated carbocycles. The van der Waals surface area contributed by atoms with Gasteiger partial charge in [0.05, 0.1) is 4.34 Å². The molecule has 0 amide bonds. The summed E-state index contributed by atoms with van der Waals surface area (Å²) in [6.45, 7) is 0. The lowest BCUT2D eigenvalue weighted by Gasteiger charge is -2.11. The van der Waals surface area contributed by atoms with Crippen LogP contribution >= 0.6 is 34.5 Å². The van der Waals surface area contributed by atoms with Crippen molar-refractivity contribution in [1.82, 2.24) is 0 Å². The van der Waals surface area contributed by atoms with Crippen molar-refractivity contribution in [2.24, 2.45) is 0 Å². The van der Waals surface area contributed by atoms with Gasteiger partial charge in [0.2, 0.25) is 0 Å². The molecule has 90 valence electrons. The molecule has 1 N–H and O–H groups in total. The summed E-state index contributed by atoms with van der Waals surface area (Å²) in [6, 6.07) is 5.03. The first-order valence-corrected chi connectivity index (χ1v) is 6.14. The number of rotatable bonds is 2. The second-order valence-electron chi connectivity index (χ2n) is 3.33. The Hall–Kier alpha value is -0.680. The molecule has 2 aromatic rings. The molecule has 0 spiro atoms. The van der Waals surface area contributed by atoms with Crippen LogP contribution in [0.1, 0.15) is 17.2 Å². The van der Waals surface area contributed by atoms with Crippen molar-refractivity contribution in [1.29, 1.82) is 0 Å². The molecule has 1 nitrogen and oxygen atoms in total. The Balaban J connectivity index is 2.47. The molecule has 1 aromatic carbocycles. The van der Waals surface area contributed by atoms with Crippen molar-refractivity contribution in [3.63, 3.8) is 0 Å². The first kappa shape index (κ1) is 12.8. The van der Waals surface area contributed by atoms with Crippen LogP contribution in [0, 0.1) is 11.6 Å². The topological polar surface area (TPSA) is 20.2 Å². The van der Waals surface area contributed by atoms with E-state index in [1.54, 1.807) is 0 Å². The van der Waals surface area contributed by atoms with Crippen LogP contribution in [0.5, 0.6) is 0 Å². The summed E-state index contributed by atoms with van der Waals surface area (Å²) >= 11 is 12.6. The Morgan fingerprint density at radius 2 is 1.88 bits per heavy atom. The highest BCUT2D eigenvalue weighted by atomic mass is 35.5. The van der Waals surface area contributed by atoms with Crippen LogP contribution in [0.4, 0.5) is 8.78 Å². The largest absolute Gasteiger partial charge is 0.383 e. The van der Waals surface area contributed by atoms with Gasteiger partial charge < -0.3 is 5.11 Å². The van der Waals surface area contributed by atoms with E-state index in [4.69, 9.17) is 23.2 Å². The zero-order valence-corrected chi connectivity index (χ0v) is 10.6. The summed E-state index contributed by atoms with van der Waals surface area (Å²) in [5, 5.41) is 9.95. The van der Waals surface area contributed by atoms with Crippen LogP contribution in [0.15, 0.2) is 24.3 Å². The molecule has 1 aromatic heterocycles. The molecular formula is C11H6Cl2F2OS. The van der Waals surface area contributed by atoms with E-state index < -0.39 is 17.7 Å². The minimum Gasteiger partial charge on any atom is -0.383 e.